The lowest BCUT2D eigenvalue weighted by Gasteiger charge is -2.15. The molecular weight excluding hydrogens is 288 g/mol. The van der Waals surface area contributed by atoms with Gasteiger partial charge in [0, 0.05) is 37.1 Å². The molecule has 0 aliphatic rings. The molecule has 1 atom stereocenters. The van der Waals surface area contributed by atoms with Crippen molar-refractivity contribution in [2.24, 2.45) is 5.73 Å². The minimum absolute atomic E-state index is 0.167. The molecule has 0 bridgehead atoms. The van der Waals surface area contributed by atoms with E-state index in [1.165, 1.54) is 25.6 Å². The predicted octanol–water partition coefficient (Wildman–Crippen LogP) is 0.455. The highest BCUT2D eigenvalue weighted by Crippen LogP contribution is 2.25. The van der Waals surface area contributed by atoms with Gasteiger partial charge in [0.25, 0.3) is 0 Å². The molecule has 0 fully saturated rings. The van der Waals surface area contributed by atoms with Crippen molar-refractivity contribution >= 4 is 21.4 Å². The van der Waals surface area contributed by atoms with E-state index in [-0.39, 0.29) is 17.5 Å². The maximum Gasteiger partial charge on any atom is 0.241 e. The van der Waals surface area contributed by atoms with Crippen LogP contribution in [0.25, 0.3) is 0 Å². The highest BCUT2D eigenvalue weighted by Gasteiger charge is 2.21. The van der Waals surface area contributed by atoms with E-state index in [0.29, 0.717) is 13.2 Å². The highest BCUT2D eigenvalue weighted by atomic mass is 32.2. The molecule has 1 unspecified atom stereocenters. The molecule has 1 heterocycles. The van der Waals surface area contributed by atoms with Gasteiger partial charge in [-0.15, -0.1) is 11.3 Å². The van der Waals surface area contributed by atoms with Crippen molar-refractivity contribution in [2.45, 2.75) is 24.5 Å². The topological polar surface area (TPSA) is 90.7 Å². The lowest BCUT2D eigenvalue weighted by atomic mass is 10.4. The van der Waals surface area contributed by atoms with Gasteiger partial charge in [-0.25, -0.2) is 13.1 Å². The molecule has 0 saturated carbocycles. The van der Waals surface area contributed by atoms with Gasteiger partial charge in [0.1, 0.15) is 0 Å². The normalized spacial score (nSPS) is 13.7. The Morgan fingerprint density at radius 1 is 1.47 bits per heavy atom. The summed E-state index contributed by atoms with van der Waals surface area (Å²) in [5.74, 6) is 0. The summed E-state index contributed by atoms with van der Waals surface area (Å²) >= 11 is 1.39. The van der Waals surface area contributed by atoms with Gasteiger partial charge in [-0.05, 0) is 13.0 Å². The average Bonchev–Trinajstić information content (AvgIpc) is 2.76. The van der Waals surface area contributed by atoms with Gasteiger partial charge in [0.2, 0.25) is 10.0 Å². The maximum absolute atomic E-state index is 12.2. The van der Waals surface area contributed by atoms with E-state index in [4.69, 9.17) is 15.2 Å². The molecule has 0 aliphatic heterocycles. The first-order valence-corrected chi connectivity index (χ1v) is 8.05. The summed E-state index contributed by atoms with van der Waals surface area (Å²) in [6.45, 7) is 2.60. The maximum atomic E-state index is 12.2. The summed E-state index contributed by atoms with van der Waals surface area (Å²) in [4.78, 5) is 1.86. The standard InChI is InChI=1S/C11H20N2O4S2/c1-8-11(4-10(5-12)18-8)19(14,15)13-6-9(17-3)7-16-2/h4,9,13H,5-7,12H2,1-3H3. The molecule has 19 heavy (non-hydrogen) atoms. The smallest absolute Gasteiger partial charge is 0.241 e. The molecule has 3 N–H and O–H groups in total. The number of nitrogens with one attached hydrogen (secondary N) is 1. The number of hydrogen-bond donors (Lipinski definition) is 2. The summed E-state index contributed by atoms with van der Waals surface area (Å²) in [5.41, 5.74) is 5.52. The fourth-order valence-electron chi connectivity index (χ4n) is 1.57. The molecule has 6 nitrogen and oxygen atoms in total. The molecule has 8 heteroatoms. The van der Waals surface area contributed by atoms with E-state index in [2.05, 4.69) is 4.72 Å². The van der Waals surface area contributed by atoms with Gasteiger partial charge < -0.3 is 15.2 Å². The van der Waals surface area contributed by atoms with E-state index < -0.39 is 10.0 Å². The molecule has 1 aromatic heterocycles. The van der Waals surface area contributed by atoms with Gasteiger partial charge in [-0.3, -0.25) is 0 Å². The Labute approximate surface area is 118 Å². The minimum atomic E-state index is -3.53. The second-order valence-electron chi connectivity index (χ2n) is 4.00. The number of methoxy groups -OCH3 is 2. The molecule has 0 aliphatic carbocycles. The zero-order valence-electron chi connectivity index (χ0n) is 11.3. The van der Waals surface area contributed by atoms with E-state index in [0.717, 1.165) is 9.75 Å². The van der Waals surface area contributed by atoms with Crippen LogP contribution in [0.4, 0.5) is 0 Å². The average molecular weight is 308 g/mol. The Bertz CT molecular complexity index is 499. The van der Waals surface area contributed by atoms with Crippen molar-refractivity contribution in [2.75, 3.05) is 27.4 Å². The second-order valence-corrected chi connectivity index (χ2v) is 7.08. The van der Waals surface area contributed by atoms with Crippen molar-refractivity contribution in [3.05, 3.63) is 15.8 Å². The van der Waals surface area contributed by atoms with Gasteiger partial charge in [-0.2, -0.15) is 0 Å². The van der Waals surface area contributed by atoms with Crippen LogP contribution >= 0.6 is 11.3 Å². The van der Waals surface area contributed by atoms with Crippen LogP contribution in [0.3, 0.4) is 0 Å². The van der Waals surface area contributed by atoms with Crippen LogP contribution in [-0.2, 0) is 26.0 Å². The number of thiophene rings is 1. The molecule has 1 aromatic rings. The van der Waals surface area contributed by atoms with Crippen molar-refractivity contribution in [1.29, 1.82) is 0 Å². The van der Waals surface area contributed by atoms with E-state index in [1.807, 2.05) is 0 Å². The van der Waals surface area contributed by atoms with Gasteiger partial charge in [0.05, 0.1) is 17.6 Å². The number of ether oxygens (including phenoxy) is 2. The number of hydrogen-bond acceptors (Lipinski definition) is 6. The summed E-state index contributed by atoms with van der Waals surface area (Å²) in [5, 5.41) is 0. The van der Waals surface area contributed by atoms with Crippen molar-refractivity contribution in [3.8, 4) is 0 Å². The zero-order valence-corrected chi connectivity index (χ0v) is 12.9. The first kappa shape index (κ1) is 16.5. The third-order valence-corrected chi connectivity index (χ3v) is 5.35. The highest BCUT2D eigenvalue weighted by molar-refractivity contribution is 7.89. The van der Waals surface area contributed by atoms with Gasteiger partial charge >= 0.3 is 0 Å². The Hall–Kier alpha value is -0.510. The van der Waals surface area contributed by atoms with Crippen LogP contribution < -0.4 is 10.5 Å². The number of sulfonamides is 1. The lowest BCUT2D eigenvalue weighted by molar-refractivity contribution is 0.0320. The molecule has 0 amide bonds. The number of nitrogens with two attached hydrogens (primary N) is 1. The summed E-state index contributed by atoms with van der Waals surface area (Å²) in [7, 11) is -0.481. The minimum Gasteiger partial charge on any atom is -0.382 e. The molecule has 0 spiro atoms. The Morgan fingerprint density at radius 2 is 2.16 bits per heavy atom. The summed E-state index contributed by atoms with van der Waals surface area (Å²) < 4.78 is 36.9. The SMILES string of the molecule is COCC(CNS(=O)(=O)c1cc(CN)sc1C)OC. The molecule has 1 rings (SSSR count). The van der Waals surface area contributed by atoms with Crippen molar-refractivity contribution in [1.82, 2.24) is 4.72 Å². The number of rotatable bonds is 8. The van der Waals surface area contributed by atoms with E-state index >= 15 is 0 Å². The first-order chi connectivity index (χ1) is 8.94. The van der Waals surface area contributed by atoms with Crippen LogP contribution in [0.1, 0.15) is 9.75 Å². The Kier molecular flexibility index (Phi) is 6.37. The molecule has 110 valence electrons. The van der Waals surface area contributed by atoms with Gasteiger partial charge in [-0.1, -0.05) is 0 Å². The van der Waals surface area contributed by atoms with Crippen molar-refractivity contribution in [3.63, 3.8) is 0 Å². The van der Waals surface area contributed by atoms with Crippen LogP contribution in [0.5, 0.6) is 0 Å². The Balaban J connectivity index is 2.77. The van der Waals surface area contributed by atoms with Crippen LogP contribution in [0, 0.1) is 6.92 Å². The quantitative estimate of drug-likeness (QED) is 0.728. The predicted molar refractivity (Wildman–Crippen MR) is 74.8 cm³/mol. The molecule has 0 aromatic carbocycles. The summed E-state index contributed by atoms with van der Waals surface area (Å²) in [6, 6.07) is 1.61. The molecular formula is C11H20N2O4S2. The van der Waals surface area contributed by atoms with Crippen LogP contribution in [0.15, 0.2) is 11.0 Å². The largest absolute Gasteiger partial charge is 0.382 e. The number of aryl methyl sites for hydroxylation is 1. The van der Waals surface area contributed by atoms with Crippen molar-refractivity contribution < 1.29 is 17.9 Å². The lowest BCUT2D eigenvalue weighted by Crippen LogP contribution is -2.35. The third kappa shape index (κ3) is 4.51. The zero-order chi connectivity index (χ0) is 14.5. The van der Waals surface area contributed by atoms with Gasteiger partial charge in [0.15, 0.2) is 0 Å². The van der Waals surface area contributed by atoms with Crippen LogP contribution in [-0.4, -0.2) is 41.9 Å². The molecule has 0 radical (unpaired) electrons. The fourth-order valence-corrected chi connectivity index (χ4v) is 4.15. The van der Waals surface area contributed by atoms with E-state index in [9.17, 15) is 8.42 Å². The van der Waals surface area contributed by atoms with Crippen LogP contribution in [0.2, 0.25) is 0 Å². The third-order valence-electron chi connectivity index (χ3n) is 2.60. The monoisotopic (exact) mass is 308 g/mol. The molecule has 0 saturated heterocycles. The Morgan fingerprint density at radius 3 is 2.63 bits per heavy atom. The van der Waals surface area contributed by atoms with E-state index in [1.54, 1.807) is 13.0 Å². The first-order valence-electron chi connectivity index (χ1n) is 5.75. The second kappa shape index (κ2) is 7.32. The summed E-state index contributed by atoms with van der Waals surface area (Å²) in [6.07, 6.45) is -0.312. The fraction of sp³-hybridized carbons (Fsp3) is 0.636.